The van der Waals surface area contributed by atoms with E-state index in [9.17, 15) is 0 Å². The lowest BCUT2D eigenvalue weighted by Gasteiger charge is -2.20. The highest BCUT2D eigenvalue weighted by Crippen LogP contribution is 2.16. The normalized spacial score (nSPS) is 12.1. The molecule has 4 heteroatoms. The SMILES string of the molecule is CCCOCCOCc1cc(CNC(C)(C)C)c(C)o1. The summed E-state index contributed by atoms with van der Waals surface area (Å²) < 4.78 is 16.6. The first-order valence-corrected chi connectivity index (χ1v) is 7.41. The van der Waals surface area contributed by atoms with Gasteiger partial charge in [-0.1, -0.05) is 6.92 Å². The number of ether oxygens (including phenoxy) is 2. The van der Waals surface area contributed by atoms with Crippen LogP contribution in [0.3, 0.4) is 0 Å². The van der Waals surface area contributed by atoms with Crippen molar-refractivity contribution in [1.29, 1.82) is 0 Å². The fourth-order valence-corrected chi connectivity index (χ4v) is 1.73. The molecule has 1 aromatic heterocycles. The van der Waals surface area contributed by atoms with Gasteiger partial charge in [0.05, 0.1) is 13.2 Å². The molecule has 1 rings (SSSR count). The van der Waals surface area contributed by atoms with Crippen molar-refractivity contribution in [2.45, 2.75) is 59.7 Å². The zero-order chi connectivity index (χ0) is 15.0. The van der Waals surface area contributed by atoms with Crippen LogP contribution in [0.2, 0.25) is 0 Å². The van der Waals surface area contributed by atoms with Crippen LogP contribution in [-0.4, -0.2) is 25.4 Å². The maximum atomic E-state index is 5.70. The summed E-state index contributed by atoms with van der Waals surface area (Å²) in [5.41, 5.74) is 1.30. The molecule has 20 heavy (non-hydrogen) atoms. The van der Waals surface area contributed by atoms with E-state index < -0.39 is 0 Å². The Morgan fingerprint density at radius 3 is 2.50 bits per heavy atom. The molecule has 0 aromatic carbocycles. The summed E-state index contributed by atoms with van der Waals surface area (Å²) in [6.45, 7) is 13.9. The monoisotopic (exact) mass is 283 g/mol. The molecule has 0 bridgehead atoms. The van der Waals surface area contributed by atoms with E-state index >= 15 is 0 Å². The van der Waals surface area contributed by atoms with Gasteiger partial charge < -0.3 is 19.2 Å². The second kappa shape index (κ2) is 8.45. The minimum atomic E-state index is 0.108. The van der Waals surface area contributed by atoms with Gasteiger partial charge in [-0.15, -0.1) is 0 Å². The highest BCUT2D eigenvalue weighted by molar-refractivity contribution is 5.20. The lowest BCUT2D eigenvalue weighted by molar-refractivity contribution is 0.0348. The summed E-state index contributed by atoms with van der Waals surface area (Å²) in [7, 11) is 0. The van der Waals surface area contributed by atoms with E-state index in [-0.39, 0.29) is 5.54 Å². The molecule has 0 saturated carbocycles. The second-order valence-corrected chi connectivity index (χ2v) is 6.06. The Morgan fingerprint density at radius 2 is 1.85 bits per heavy atom. The molecule has 1 N–H and O–H groups in total. The van der Waals surface area contributed by atoms with Crippen LogP contribution in [0.25, 0.3) is 0 Å². The van der Waals surface area contributed by atoms with Gasteiger partial charge in [0, 0.05) is 24.3 Å². The third-order valence-electron chi connectivity index (χ3n) is 2.85. The van der Waals surface area contributed by atoms with Gasteiger partial charge in [0.1, 0.15) is 18.1 Å². The average molecular weight is 283 g/mol. The zero-order valence-corrected chi connectivity index (χ0v) is 13.5. The maximum Gasteiger partial charge on any atom is 0.130 e. The van der Waals surface area contributed by atoms with Crippen LogP contribution in [0.15, 0.2) is 10.5 Å². The molecule has 116 valence electrons. The Morgan fingerprint density at radius 1 is 1.15 bits per heavy atom. The molecule has 0 aliphatic heterocycles. The van der Waals surface area contributed by atoms with Gasteiger partial charge >= 0.3 is 0 Å². The Balaban J connectivity index is 2.30. The topological polar surface area (TPSA) is 43.6 Å². The van der Waals surface area contributed by atoms with Crippen LogP contribution in [-0.2, 0) is 22.6 Å². The summed E-state index contributed by atoms with van der Waals surface area (Å²) in [6, 6.07) is 2.07. The fourth-order valence-electron chi connectivity index (χ4n) is 1.73. The van der Waals surface area contributed by atoms with Gasteiger partial charge in [-0.3, -0.25) is 0 Å². The third-order valence-corrected chi connectivity index (χ3v) is 2.85. The molecular formula is C16H29NO3. The number of furan rings is 1. The first-order valence-electron chi connectivity index (χ1n) is 7.41. The van der Waals surface area contributed by atoms with Crippen LogP contribution in [0.1, 0.15) is 51.2 Å². The maximum absolute atomic E-state index is 5.70. The molecule has 0 aliphatic rings. The molecule has 0 radical (unpaired) electrons. The van der Waals surface area contributed by atoms with Crippen molar-refractivity contribution in [3.63, 3.8) is 0 Å². The molecule has 0 saturated heterocycles. The molecule has 1 aromatic rings. The molecule has 0 aliphatic carbocycles. The van der Waals surface area contributed by atoms with E-state index in [1.54, 1.807) is 0 Å². The minimum absolute atomic E-state index is 0.108. The quantitative estimate of drug-likeness (QED) is 0.705. The van der Waals surface area contributed by atoms with Gasteiger partial charge in [0.2, 0.25) is 0 Å². The van der Waals surface area contributed by atoms with Crippen LogP contribution >= 0.6 is 0 Å². The van der Waals surface area contributed by atoms with Crippen LogP contribution < -0.4 is 5.32 Å². The first kappa shape index (κ1) is 17.2. The van der Waals surface area contributed by atoms with E-state index in [1.807, 2.05) is 6.92 Å². The van der Waals surface area contributed by atoms with E-state index in [4.69, 9.17) is 13.9 Å². The van der Waals surface area contributed by atoms with Crippen molar-refractivity contribution < 1.29 is 13.9 Å². The summed E-state index contributed by atoms with van der Waals surface area (Å²) in [5, 5.41) is 3.46. The van der Waals surface area contributed by atoms with Crippen molar-refractivity contribution in [2.75, 3.05) is 19.8 Å². The standard InChI is InChI=1S/C16H29NO3/c1-6-7-18-8-9-19-12-15-10-14(13(2)20-15)11-17-16(3,4)5/h10,17H,6-9,11-12H2,1-5H3. The number of hydrogen-bond acceptors (Lipinski definition) is 4. The molecule has 0 atom stereocenters. The Hall–Kier alpha value is -0.840. The molecule has 0 fully saturated rings. The Kier molecular flexibility index (Phi) is 7.27. The van der Waals surface area contributed by atoms with Crippen LogP contribution in [0, 0.1) is 6.92 Å². The van der Waals surface area contributed by atoms with Gasteiger partial charge in [0.25, 0.3) is 0 Å². The van der Waals surface area contributed by atoms with Crippen LogP contribution in [0.5, 0.6) is 0 Å². The van der Waals surface area contributed by atoms with Gasteiger partial charge in [-0.05, 0) is 40.2 Å². The first-order chi connectivity index (χ1) is 9.42. The lowest BCUT2D eigenvalue weighted by atomic mass is 10.1. The van der Waals surface area contributed by atoms with E-state index in [0.717, 1.165) is 31.1 Å². The molecule has 1 heterocycles. The third kappa shape index (κ3) is 7.08. The molecule has 0 amide bonds. The summed E-state index contributed by atoms with van der Waals surface area (Å²) >= 11 is 0. The smallest absolute Gasteiger partial charge is 0.130 e. The number of hydrogen-bond donors (Lipinski definition) is 1. The summed E-state index contributed by atoms with van der Waals surface area (Å²) in [5.74, 6) is 1.84. The lowest BCUT2D eigenvalue weighted by Crippen LogP contribution is -2.35. The largest absolute Gasteiger partial charge is 0.464 e. The minimum Gasteiger partial charge on any atom is -0.464 e. The van der Waals surface area contributed by atoms with Crippen molar-refractivity contribution in [3.8, 4) is 0 Å². The van der Waals surface area contributed by atoms with Crippen molar-refractivity contribution >= 4 is 0 Å². The average Bonchev–Trinajstić information content (AvgIpc) is 2.71. The van der Waals surface area contributed by atoms with Gasteiger partial charge in [0.15, 0.2) is 0 Å². The van der Waals surface area contributed by atoms with E-state index in [0.29, 0.717) is 19.8 Å². The summed E-state index contributed by atoms with van der Waals surface area (Å²) in [4.78, 5) is 0. The van der Waals surface area contributed by atoms with Crippen molar-refractivity contribution in [3.05, 3.63) is 23.2 Å². The Labute approximate surface area is 122 Å². The van der Waals surface area contributed by atoms with Crippen LogP contribution in [0.4, 0.5) is 0 Å². The number of nitrogens with one attached hydrogen (secondary N) is 1. The highest BCUT2D eigenvalue weighted by atomic mass is 16.5. The Bertz CT molecular complexity index is 380. The predicted octanol–water partition coefficient (Wildman–Crippen LogP) is 3.42. The van der Waals surface area contributed by atoms with Crippen molar-refractivity contribution in [2.24, 2.45) is 0 Å². The van der Waals surface area contributed by atoms with Crippen molar-refractivity contribution in [1.82, 2.24) is 5.32 Å². The zero-order valence-electron chi connectivity index (χ0n) is 13.5. The molecule has 4 nitrogen and oxygen atoms in total. The summed E-state index contributed by atoms with van der Waals surface area (Å²) in [6.07, 6.45) is 1.04. The van der Waals surface area contributed by atoms with E-state index in [1.165, 1.54) is 5.56 Å². The molecular weight excluding hydrogens is 254 g/mol. The number of aryl methyl sites for hydroxylation is 1. The molecule has 0 unspecified atom stereocenters. The number of rotatable bonds is 9. The fraction of sp³-hybridized carbons (Fsp3) is 0.750. The predicted molar refractivity (Wildman–Crippen MR) is 80.8 cm³/mol. The van der Waals surface area contributed by atoms with Gasteiger partial charge in [-0.2, -0.15) is 0 Å². The molecule has 0 spiro atoms. The van der Waals surface area contributed by atoms with E-state index in [2.05, 4.69) is 39.1 Å². The second-order valence-electron chi connectivity index (χ2n) is 6.06. The van der Waals surface area contributed by atoms with Gasteiger partial charge in [-0.25, -0.2) is 0 Å². The highest BCUT2D eigenvalue weighted by Gasteiger charge is 2.12.